The van der Waals surface area contributed by atoms with E-state index in [0.29, 0.717) is 28.0 Å². The second kappa shape index (κ2) is 8.22. The first kappa shape index (κ1) is 17.6. The molecule has 0 aliphatic heterocycles. The number of carbonyl (C=O) groups excluding carboxylic acids is 1. The van der Waals surface area contributed by atoms with Crippen molar-refractivity contribution < 1.29 is 9.53 Å². The first-order valence-corrected chi connectivity index (χ1v) is 8.21. The molecule has 0 radical (unpaired) electrons. The molecule has 6 nitrogen and oxygen atoms in total. The van der Waals surface area contributed by atoms with Gasteiger partial charge in [0.1, 0.15) is 11.6 Å². The maximum atomic E-state index is 12.0. The molecular formula is C19H17ClN4O2. The zero-order chi connectivity index (χ0) is 18.4. The molecule has 0 saturated carbocycles. The fourth-order valence-corrected chi connectivity index (χ4v) is 2.51. The van der Waals surface area contributed by atoms with Crippen molar-refractivity contribution in [3.05, 3.63) is 71.9 Å². The number of aromatic nitrogens is 1. The molecule has 0 saturated heterocycles. The molecule has 2 amide bonds. The fourth-order valence-electron chi connectivity index (χ4n) is 2.25. The number of carbonyl (C=O) groups is 1. The SMILES string of the molecule is COc1ccc(Nc2ccc(NC(=O)Nc3ccccc3)cn2)cc1Cl. The lowest BCUT2D eigenvalue weighted by Gasteiger charge is -2.10. The molecule has 1 heterocycles. The van der Waals surface area contributed by atoms with Gasteiger partial charge < -0.3 is 20.7 Å². The Morgan fingerprint density at radius 1 is 0.962 bits per heavy atom. The topological polar surface area (TPSA) is 75.3 Å². The van der Waals surface area contributed by atoms with Crippen LogP contribution in [0.2, 0.25) is 5.02 Å². The maximum absolute atomic E-state index is 12.0. The number of methoxy groups -OCH3 is 1. The molecule has 0 unspecified atom stereocenters. The predicted octanol–water partition coefficient (Wildman–Crippen LogP) is 5.13. The number of pyridine rings is 1. The smallest absolute Gasteiger partial charge is 0.323 e. The van der Waals surface area contributed by atoms with Gasteiger partial charge in [0.15, 0.2) is 0 Å². The Kier molecular flexibility index (Phi) is 5.56. The van der Waals surface area contributed by atoms with Crippen molar-refractivity contribution >= 4 is 40.5 Å². The Labute approximate surface area is 156 Å². The molecule has 0 bridgehead atoms. The highest BCUT2D eigenvalue weighted by molar-refractivity contribution is 6.32. The molecule has 0 spiro atoms. The van der Waals surface area contributed by atoms with Crippen molar-refractivity contribution in [1.82, 2.24) is 4.98 Å². The van der Waals surface area contributed by atoms with E-state index >= 15 is 0 Å². The van der Waals surface area contributed by atoms with Gasteiger partial charge in [-0.3, -0.25) is 0 Å². The van der Waals surface area contributed by atoms with Crippen molar-refractivity contribution in [2.75, 3.05) is 23.1 Å². The number of rotatable bonds is 5. The molecule has 0 fully saturated rings. The summed E-state index contributed by atoms with van der Waals surface area (Å²) < 4.78 is 5.12. The number of amides is 2. The highest BCUT2D eigenvalue weighted by Gasteiger charge is 2.05. The largest absolute Gasteiger partial charge is 0.495 e. The number of urea groups is 1. The van der Waals surface area contributed by atoms with Gasteiger partial charge in [-0.05, 0) is 42.5 Å². The van der Waals surface area contributed by atoms with Crippen LogP contribution in [0.3, 0.4) is 0 Å². The molecule has 1 aromatic heterocycles. The Morgan fingerprint density at radius 2 is 1.69 bits per heavy atom. The molecule has 7 heteroatoms. The van der Waals surface area contributed by atoms with E-state index < -0.39 is 0 Å². The molecule has 132 valence electrons. The third-order valence-corrected chi connectivity index (χ3v) is 3.77. The summed E-state index contributed by atoms with van der Waals surface area (Å²) in [6, 6.07) is 17.8. The second-order valence-electron chi connectivity index (χ2n) is 5.35. The van der Waals surface area contributed by atoms with Gasteiger partial charge in [-0.2, -0.15) is 0 Å². The molecule has 3 N–H and O–H groups in total. The standard InChI is InChI=1S/C19H17ClN4O2/c1-26-17-9-7-14(11-16(17)20)22-18-10-8-15(12-21-18)24-19(25)23-13-5-3-2-4-6-13/h2-12H,1H3,(H,21,22)(H2,23,24,25). The van der Waals surface area contributed by atoms with Gasteiger partial charge in [-0.15, -0.1) is 0 Å². The van der Waals surface area contributed by atoms with E-state index in [4.69, 9.17) is 16.3 Å². The molecule has 2 aromatic carbocycles. The van der Waals surface area contributed by atoms with Crippen LogP contribution in [0, 0.1) is 0 Å². The maximum Gasteiger partial charge on any atom is 0.323 e. The van der Waals surface area contributed by atoms with Gasteiger partial charge in [-0.25, -0.2) is 9.78 Å². The molecular weight excluding hydrogens is 352 g/mol. The Balaban J connectivity index is 1.59. The number of nitrogens with zero attached hydrogens (tertiary/aromatic N) is 1. The normalized spacial score (nSPS) is 10.1. The molecule has 3 rings (SSSR count). The van der Waals surface area contributed by atoms with Gasteiger partial charge in [0, 0.05) is 11.4 Å². The summed E-state index contributed by atoms with van der Waals surface area (Å²) in [5.41, 5.74) is 2.08. The minimum atomic E-state index is -0.333. The highest BCUT2D eigenvalue weighted by Crippen LogP contribution is 2.28. The minimum absolute atomic E-state index is 0.333. The number of ether oxygens (including phenoxy) is 1. The Morgan fingerprint density at radius 3 is 2.35 bits per heavy atom. The average Bonchev–Trinajstić information content (AvgIpc) is 2.64. The van der Waals surface area contributed by atoms with E-state index in [-0.39, 0.29) is 6.03 Å². The fraction of sp³-hybridized carbons (Fsp3) is 0.0526. The van der Waals surface area contributed by atoms with E-state index in [9.17, 15) is 4.79 Å². The highest BCUT2D eigenvalue weighted by atomic mass is 35.5. The second-order valence-corrected chi connectivity index (χ2v) is 5.76. The Bertz CT molecular complexity index is 886. The van der Waals surface area contributed by atoms with Crippen LogP contribution in [0.4, 0.5) is 27.7 Å². The number of halogens is 1. The molecule has 0 aliphatic rings. The van der Waals surface area contributed by atoms with Crippen LogP contribution >= 0.6 is 11.6 Å². The molecule has 3 aromatic rings. The van der Waals surface area contributed by atoms with Crippen molar-refractivity contribution in [2.24, 2.45) is 0 Å². The summed E-state index contributed by atoms with van der Waals surface area (Å²) in [5, 5.41) is 9.11. The number of anilines is 4. The lowest BCUT2D eigenvalue weighted by atomic mass is 10.3. The van der Waals surface area contributed by atoms with Gasteiger partial charge in [0.05, 0.1) is 24.0 Å². The van der Waals surface area contributed by atoms with Crippen molar-refractivity contribution in [1.29, 1.82) is 0 Å². The summed E-state index contributed by atoms with van der Waals surface area (Å²) in [5.74, 6) is 1.23. The molecule has 26 heavy (non-hydrogen) atoms. The number of benzene rings is 2. The van der Waals surface area contributed by atoms with Crippen LogP contribution in [-0.4, -0.2) is 18.1 Å². The number of hydrogen-bond acceptors (Lipinski definition) is 4. The first-order valence-electron chi connectivity index (χ1n) is 7.84. The average molecular weight is 369 g/mol. The van der Waals surface area contributed by atoms with Crippen LogP contribution in [-0.2, 0) is 0 Å². The summed E-state index contributed by atoms with van der Waals surface area (Å²) in [7, 11) is 1.57. The van der Waals surface area contributed by atoms with Gasteiger partial charge in [-0.1, -0.05) is 29.8 Å². The van der Waals surface area contributed by atoms with E-state index in [0.717, 1.165) is 5.69 Å². The lowest BCUT2D eigenvalue weighted by molar-refractivity contribution is 0.262. The lowest BCUT2D eigenvalue weighted by Crippen LogP contribution is -2.19. The third kappa shape index (κ3) is 4.64. The summed E-state index contributed by atoms with van der Waals surface area (Å²) in [6.45, 7) is 0. The number of para-hydroxylation sites is 1. The number of hydrogen-bond donors (Lipinski definition) is 3. The zero-order valence-electron chi connectivity index (χ0n) is 14.0. The van der Waals surface area contributed by atoms with Crippen molar-refractivity contribution in [2.45, 2.75) is 0 Å². The first-order chi connectivity index (χ1) is 12.6. The zero-order valence-corrected chi connectivity index (χ0v) is 14.7. The monoisotopic (exact) mass is 368 g/mol. The summed E-state index contributed by atoms with van der Waals surface area (Å²) in [4.78, 5) is 16.2. The van der Waals surface area contributed by atoms with Gasteiger partial charge >= 0.3 is 6.03 Å². The van der Waals surface area contributed by atoms with E-state index in [1.165, 1.54) is 0 Å². The van der Waals surface area contributed by atoms with E-state index in [1.807, 2.05) is 36.4 Å². The van der Waals surface area contributed by atoms with Crippen molar-refractivity contribution in [3.63, 3.8) is 0 Å². The van der Waals surface area contributed by atoms with Crippen LogP contribution in [0.25, 0.3) is 0 Å². The van der Waals surface area contributed by atoms with Crippen LogP contribution in [0.1, 0.15) is 0 Å². The summed E-state index contributed by atoms with van der Waals surface area (Å²) in [6.07, 6.45) is 1.57. The third-order valence-electron chi connectivity index (χ3n) is 3.48. The van der Waals surface area contributed by atoms with Gasteiger partial charge in [0.25, 0.3) is 0 Å². The minimum Gasteiger partial charge on any atom is -0.495 e. The molecule has 0 atom stereocenters. The number of nitrogens with one attached hydrogen (secondary N) is 3. The quantitative estimate of drug-likeness (QED) is 0.583. The Hall–Kier alpha value is -3.25. The van der Waals surface area contributed by atoms with Gasteiger partial charge in [0.2, 0.25) is 0 Å². The van der Waals surface area contributed by atoms with Crippen LogP contribution < -0.4 is 20.7 Å². The van der Waals surface area contributed by atoms with E-state index in [2.05, 4.69) is 20.9 Å². The molecule has 0 aliphatic carbocycles. The van der Waals surface area contributed by atoms with Crippen LogP contribution in [0.5, 0.6) is 5.75 Å². The summed E-state index contributed by atoms with van der Waals surface area (Å²) >= 11 is 6.10. The van der Waals surface area contributed by atoms with Crippen LogP contribution in [0.15, 0.2) is 66.9 Å². The van der Waals surface area contributed by atoms with E-state index in [1.54, 1.807) is 37.6 Å². The predicted molar refractivity (Wildman–Crippen MR) is 105 cm³/mol. The van der Waals surface area contributed by atoms with Crippen molar-refractivity contribution in [3.8, 4) is 5.75 Å².